The number of nitrogens with two attached hydrogens (primary N) is 1. The van der Waals surface area contributed by atoms with Gasteiger partial charge in [-0.3, -0.25) is 4.79 Å². The van der Waals surface area contributed by atoms with Crippen molar-refractivity contribution in [1.82, 2.24) is 5.32 Å². The first-order chi connectivity index (χ1) is 6.66. The fourth-order valence-corrected chi connectivity index (χ4v) is 0.962. The van der Waals surface area contributed by atoms with Gasteiger partial charge >= 0.3 is 0 Å². The van der Waals surface area contributed by atoms with Crippen LogP contribution in [-0.4, -0.2) is 12.5 Å². The number of anilines is 1. The second-order valence-electron chi connectivity index (χ2n) is 2.59. The summed E-state index contributed by atoms with van der Waals surface area (Å²) < 4.78 is 12.9. The summed E-state index contributed by atoms with van der Waals surface area (Å²) in [5, 5.41) is 2.39. The summed E-state index contributed by atoms with van der Waals surface area (Å²) in [6.07, 6.45) is 4.95. The number of hydrogen-bond donors (Lipinski definition) is 2. The number of amides is 1. The summed E-state index contributed by atoms with van der Waals surface area (Å²) in [6, 6.07) is 4.04. The number of halogens is 1. The molecule has 0 saturated carbocycles. The Kier molecular flexibility index (Phi) is 3.08. The molecule has 0 heterocycles. The number of hydrogen-bond acceptors (Lipinski definition) is 2. The molecule has 0 radical (unpaired) electrons. The zero-order valence-corrected chi connectivity index (χ0v) is 7.38. The van der Waals surface area contributed by atoms with Crippen molar-refractivity contribution in [1.29, 1.82) is 0 Å². The minimum absolute atomic E-state index is 0.0921. The van der Waals surface area contributed by atoms with E-state index in [-0.39, 0.29) is 17.8 Å². The van der Waals surface area contributed by atoms with E-state index in [0.717, 1.165) is 0 Å². The molecule has 0 unspecified atom stereocenters. The van der Waals surface area contributed by atoms with Crippen molar-refractivity contribution in [3.63, 3.8) is 0 Å². The van der Waals surface area contributed by atoms with Crippen LogP contribution in [0.5, 0.6) is 0 Å². The van der Waals surface area contributed by atoms with Gasteiger partial charge in [-0.05, 0) is 12.1 Å². The fourth-order valence-electron chi connectivity index (χ4n) is 0.962. The second-order valence-corrected chi connectivity index (χ2v) is 2.59. The van der Waals surface area contributed by atoms with Gasteiger partial charge in [0.15, 0.2) is 0 Å². The predicted octanol–water partition coefficient (Wildman–Crippen LogP) is 0.771. The van der Waals surface area contributed by atoms with Gasteiger partial charge in [-0.1, -0.05) is 12.0 Å². The summed E-state index contributed by atoms with van der Waals surface area (Å²) in [7, 11) is 0. The third-order valence-electron chi connectivity index (χ3n) is 1.65. The molecule has 0 aliphatic carbocycles. The number of nitrogen functional groups attached to an aromatic ring is 1. The largest absolute Gasteiger partial charge is 0.396 e. The molecule has 1 aromatic rings. The molecule has 0 atom stereocenters. The maximum atomic E-state index is 12.9. The van der Waals surface area contributed by atoms with E-state index in [4.69, 9.17) is 12.2 Å². The van der Waals surface area contributed by atoms with E-state index in [0.29, 0.717) is 0 Å². The molecule has 0 fully saturated rings. The van der Waals surface area contributed by atoms with Crippen LogP contribution < -0.4 is 11.1 Å². The Morgan fingerprint density at radius 2 is 2.36 bits per heavy atom. The standard InChI is InChI=1S/C10H9FN2O/c1-2-6-13-10(14)7-4-3-5-8(11)9(7)12/h1,3-5H,6,12H2,(H,13,14). The van der Waals surface area contributed by atoms with Crippen LogP contribution in [0.4, 0.5) is 10.1 Å². The number of terminal acetylenes is 1. The minimum Gasteiger partial charge on any atom is -0.396 e. The third-order valence-corrected chi connectivity index (χ3v) is 1.65. The van der Waals surface area contributed by atoms with Crippen LogP contribution >= 0.6 is 0 Å². The van der Waals surface area contributed by atoms with Gasteiger partial charge in [0, 0.05) is 0 Å². The van der Waals surface area contributed by atoms with Crippen LogP contribution in [0.2, 0.25) is 0 Å². The van der Waals surface area contributed by atoms with Gasteiger partial charge in [0.2, 0.25) is 0 Å². The average molecular weight is 192 g/mol. The summed E-state index contributed by atoms with van der Waals surface area (Å²) in [5.74, 6) is 1.15. The number of benzene rings is 1. The lowest BCUT2D eigenvalue weighted by molar-refractivity contribution is 0.0959. The summed E-state index contributed by atoms with van der Waals surface area (Å²) in [4.78, 5) is 11.3. The zero-order chi connectivity index (χ0) is 10.6. The van der Waals surface area contributed by atoms with E-state index in [1.807, 2.05) is 0 Å². The Bertz CT molecular complexity index is 396. The first-order valence-corrected chi connectivity index (χ1v) is 3.92. The number of nitrogens with one attached hydrogen (secondary N) is 1. The monoisotopic (exact) mass is 192 g/mol. The van der Waals surface area contributed by atoms with Crippen molar-refractivity contribution in [3.8, 4) is 12.3 Å². The van der Waals surface area contributed by atoms with Gasteiger partial charge < -0.3 is 11.1 Å². The molecule has 4 heteroatoms. The van der Waals surface area contributed by atoms with E-state index in [1.54, 1.807) is 0 Å². The summed E-state index contributed by atoms with van der Waals surface area (Å²) in [5.41, 5.74) is 5.30. The van der Waals surface area contributed by atoms with Crippen molar-refractivity contribution in [2.45, 2.75) is 0 Å². The smallest absolute Gasteiger partial charge is 0.254 e. The molecule has 3 N–H and O–H groups in total. The normalized spacial score (nSPS) is 9.14. The molecule has 1 rings (SSSR count). The lowest BCUT2D eigenvalue weighted by Gasteiger charge is -2.05. The minimum atomic E-state index is -0.613. The molecule has 0 bridgehead atoms. The van der Waals surface area contributed by atoms with Crippen molar-refractivity contribution >= 4 is 11.6 Å². The molecule has 3 nitrogen and oxygen atoms in total. The molecule has 0 spiro atoms. The molecule has 1 amide bonds. The molecule has 0 aromatic heterocycles. The summed E-state index contributed by atoms with van der Waals surface area (Å²) in [6.45, 7) is 0.0921. The second kappa shape index (κ2) is 4.28. The molecule has 14 heavy (non-hydrogen) atoms. The predicted molar refractivity (Wildman–Crippen MR) is 52.0 cm³/mol. The van der Waals surface area contributed by atoms with Crippen LogP contribution in [-0.2, 0) is 0 Å². The molecule has 0 aliphatic heterocycles. The Labute approximate surface area is 81.1 Å². The third kappa shape index (κ3) is 2.02. The van der Waals surface area contributed by atoms with E-state index >= 15 is 0 Å². The van der Waals surface area contributed by atoms with Gasteiger partial charge in [0.25, 0.3) is 5.91 Å². The lowest BCUT2D eigenvalue weighted by Crippen LogP contribution is -2.24. The lowest BCUT2D eigenvalue weighted by atomic mass is 10.1. The summed E-state index contributed by atoms with van der Waals surface area (Å²) >= 11 is 0. The topological polar surface area (TPSA) is 55.1 Å². The van der Waals surface area contributed by atoms with Crippen molar-refractivity contribution in [3.05, 3.63) is 29.6 Å². The van der Waals surface area contributed by atoms with Crippen molar-refractivity contribution < 1.29 is 9.18 Å². The van der Waals surface area contributed by atoms with Crippen molar-refractivity contribution in [2.75, 3.05) is 12.3 Å². The van der Waals surface area contributed by atoms with Crippen LogP contribution in [0, 0.1) is 18.2 Å². The highest BCUT2D eigenvalue weighted by Gasteiger charge is 2.10. The van der Waals surface area contributed by atoms with E-state index in [2.05, 4.69) is 11.2 Å². The first kappa shape index (κ1) is 10.1. The molecule has 72 valence electrons. The average Bonchev–Trinajstić information content (AvgIpc) is 2.18. The number of para-hydroxylation sites is 1. The van der Waals surface area contributed by atoms with Gasteiger partial charge in [-0.2, -0.15) is 0 Å². The quantitative estimate of drug-likeness (QED) is 0.537. The maximum absolute atomic E-state index is 12.9. The highest BCUT2D eigenvalue weighted by atomic mass is 19.1. The number of carbonyl (C=O) groups is 1. The van der Waals surface area contributed by atoms with E-state index in [9.17, 15) is 9.18 Å². The maximum Gasteiger partial charge on any atom is 0.254 e. The van der Waals surface area contributed by atoms with Gasteiger partial charge in [0.05, 0.1) is 17.8 Å². The van der Waals surface area contributed by atoms with Gasteiger partial charge in [-0.15, -0.1) is 6.42 Å². The molecule has 0 aliphatic rings. The number of carbonyl (C=O) groups excluding carboxylic acids is 1. The molecular formula is C10H9FN2O. The van der Waals surface area contributed by atoms with Crippen LogP contribution in [0.3, 0.4) is 0 Å². The van der Waals surface area contributed by atoms with Crippen LogP contribution in [0.25, 0.3) is 0 Å². The Morgan fingerprint density at radius 3 is 3.00 bits per heavy atom. The zero-order valence-electron chi connectivity index (χ0n) is 7.38. The highest BCUT2D eigenvalue weighted by Crippen LogP contribution is 2.15. The Morgan fingerprint density at radius 1 is 1.64 bits per heavy atom. The fraction of sp³-hybridized carbons (Fsp3) is 0.100. The molecular weight excluding hydrogens is 183 g/mol. The van der Waals surface area contributed by atoms with Gasteiger partial charge in [0.1, 0.15) is 5.82 Å². The van der Waals surface area contributed by atoms with Crippen LogP contribution in [0.15, 0.2) is 18.2 Å². The highest BCUT2D eigenvalue weighted by molar-refractivity contribution is 5.99. The Hall–Kier alpha value is -2.02. The molecule has 1 aromatic carbocycles. The van der Waals surface area contributed by atoms with E-state index < -0.39 is 11.7 Å². The SMILES string of the molecule is C#CCNC(=O)c1cccc(F)c1N. The van der Waals surface area contributed by atoms with Crippen molar-refractivity contribution in [2.24, 2.45) is 0 Å². The molecule has 0 saturated heterocycles. The Balaban J connectivity index is 2.91. The number of rotatable bonds is 2. The first-order valence-electron chi connectivity index (χ1n) is 3.92. The van der Waals surface area contributed by atoms with Crippen LogP contribution in [0.1, 0.15) is 10.4 Å². The van der Waals surface area contributed by atoms with Gasteiger partial charge in [-0.25, -0.2) is 4.39 Å². The van der Waals surface area contributed by atoms with E-state index in [1.165, 1.54) is 18.2 Å².